The minimum atomic E-state index is -4.63. The molecule has 5 nitrogen and oxygen atoms in total. The lowest BCUT2D eigenvalue weighted by molar-refractivity contribution is -0.146. The summed E-state index contributed by atoms with van der Waals surface area (Å²) in [6, 6.07) is 9.13. The smallest absolute Gasteiger partial charge is 0.347 e. The number of halogens is 4. The van der Waals surface area contributed by atoms with Crippen LogP contribution in [0.25, 0.3) is 11.2 Å². The van der Waals surface area contributed by atoms with E-state index in [2.05, 4.69) is 15.3 Å². The zero-order chi connectivity index (χ0) is 17.6. The molecule has 128 valence electrons. The second-order valence-electron chi connectivity index (χ2n) is 5.60. The van der Waals surface area contributed by atoms with Gasteiger partial charge in [-0.25, -0.2) is 4.39 Å². The molecule has 3 aromatic rings. The van der Waals surface area contributed by atoms with Gasteiger partial charge in [-0.05, 0) is 35.4 Å². The van der Waals surface area contributed by atoms with Crippen molar-refractivity contribution < 1.29 is 17.6 Å². The van der Waals surface area contributed by atoms with Crippen molar-refractivity contribution in [3.05, 3.63) is 59.7 Å². The molecule has 0 bridgehead atoms. The van der Waals surface area contributed by atoms with E-state index in [0.717, 1.165) is 11.1 Å². The van der Waals surface area contributed by atoms with Gasteiger partial charge in [-0.2, -0.15) is 17.7 Å². The van der Waals surface area contributed by atoms with E-state index in [4.69, 9.17) is 0 Å². The summed E-state index contributed by atoms with van der Waals surface area (Å²) in [6.45, 7) is 0.961. The van der Waals surface area contributed by atoms with Crippen LogP contribution in [0.2, 0.25) is 0 Å². The molecule has 0 spiro atoms. The molecule has 0 radical (unpaired) electrons. The fraction of sp³-hybridized carbons (Fsp3) is 0.188. The van der Waals surface area contributed by atoms with Crippen LogP contribution in [0, 0.1) is 5.82 Å². The van der Waals surface area contributed by atoms with Gasteiger partial charge in [-0.1, -0.05) is 18.2 Å². The number of aromatic nitrogens is 4. The molecular formula is C16H11F4N5. The fourth-order valence-electron chi connectivity index (χ4n) is 2.73. The Bertz CT molecular complexity index is 959. The highest BCUT2D eigenvalue weighted by Gasteiger charge is 2.37. The normalized spacial score (nSPS) is 15.0. The lowest BCUT2D eigenvalue weighted by Crippen LogP contribution is -2.22. The first kappa shape index (κ1) is 15.6. The highest BCUT2D eigenvalue weighted by atomic mass is 19.4. The van der Waals surface area contributed by atoms with Crippen LogP contribution >= 0.6 is 0 Å². The van der Waals surface area contributed by atoms with Crippen LogP contribution in [0.4, 0.5) is 23.4 Å². The summed E-state index contributed by atoms with van der Waals surface area (Å²) in [7, 11) is 0. The van der Waals surface area contributed by atoms with Gasteiger partial charge in [0.25, 0.3) is 5.82 Å². The Labute approximate surface area is 139 Å². The van der Waals surface area contributed by atoms with E-state index in [0.29, 0.717) is 23.4 Å². The van der Waals surface area contributed by atoms with Crippen LogP contribution in [-0.2, 0) is 6.18 Å². The molecule has 4 rings (SSSR count). The molecule has 25 heavy (non-hydrogen) atoms. The van der Waals surface area contributed by atoms with Gasteiger partial charge in [-0.3, -0.25) is 0 Å². The molecule has 9 heteroatoms. The third-order valence-corrected chi connectivity index (χ3v) is 3.96. The maximum absolute atomic E-state index is 13.0. The first-order valence-corrected chi connectivity index (χ1v) is 7.41. The Morgan fingerprint density at radius 1 is 0.960 bits per heavy atom. The summed E-state index contributed by atoms with van der Waals surface area (Å²) in [5.41, 5.74) is 1.86. The number of fused-ring (bicyclic) bond motifs is 1. The molecule has 0 amide bonds. The monoisotopic (exact) mass is 349 g/mol. The number of alkyl halides is 3. The number of nitrogens with zero attached hydrogens (tertiary/aromatic N) is 5. The first-order valence-electron chi connectivity index (χ1n) is 7.41. The standard InChI is InChI=1S/C16H11F4N5/c17-12-3-1-10(2-4-12)11-7-8-24(9-11)14-6-5-13-21-22-15(16(18,19)20)25(13)23-14/h1-7H,8-9H2. The number of anilines is 1. The van der Waals surface area contributed by atoms with E-state index < -0.39 is 12.0 Å². The summed E-state index contributed by atoms with van der Waals surface area (Å²) >= 11 is 0. The molecule has 0 aliphatic carbocycles. The predicted octanol–water partition coefficient (Wildman–Crippen LogP) is 3.19. The molecule has 0 unspecified atom stereocenters. The molecule has 1 aliphatic rings. The van der Waals surface area contributed by atoms with Crippen molar-refractivity contribution in [3.8, 4) is 0 Å². The maximum Gasteiger partial charge on any atom is 0.453 e. The van der Waals surface area contributed by atoms with Gasteiger partial charge in [0.15, 0.2) is 5.65 Å². The van der Waals surface area contributed by atoms with E-state index in [1.54, 1.807) is 18.2 Å². The maximum atomic E-state index is 13.0. The van der Waals surface area contributed by atoms with Gasteiger partial charge in [0.1, 0.15) is 11.6 Å². The number of hydrogen-bond donors (Lipinski definition) is 0. The molecule has 0 saturated carbocycles. The summed E-state index contributed by atoms with van der Waals surface area (Å²) in [4.78, 5) is 1.82. The lowest BCUT2D eigenvalue weighted by Gasteiger charge is -2.17. The Morgan fingerprint density at radius 3 is 2.44 bits per heavy atom. The summed E-state index contributed by atoms with van der Waals surface area (Å²) < 4.78 is 52.6. The highest BCUT2D eigenvalue weighted by molar-refractivity contribution is 5.73. The van der Waals surface area contributed by atoms with Gasteiger partial charge in [-0.15, -0.1) is 15.3 Å². The van der Waals surface area contributed by atoms with Crippen LogP contribution in [-0.4, -0.2) is 32.9 Å². The van der Waals surface area contributed by atoms with Crippen molar-refractivity contribution in [2.24, 2.45) is 0 Å². The van der Waals surface area contributed by atoms with Gasteiger partial charge in [0.05, 0.1) is 0 Å². The largest absolute Gasteiger partial charge is 0.453 e. The van der Waals surface area contributed by atoms with Gasteiger partial charge < -0.3 is 4.90 Å². The summed E-state index contributed by atoms with van der Waals surface area (Å²) in [5, 5.41) is 10.7. The lowest BCUT2D eigenvalue weighted by atomic mass is 10.1. The van der Waals surface area contributed by atoms with Crippen LogP contribution in [0.3, 0.4) is 0 Å². The topological polar surface area (TPSA) is 46.3 Å². The molecule has 0 fully saturated rings. The van der Waals surface area contributed by atoms with Gasteiger partial charge in [0.2, 0.25) is 0 Å². The molecule has 0 N–H and O–H groups in total. The van der Waals surface area contributed by atoms with E-state index in [9.17, 15) is 17.6 Å². The molecule has 1 aliphatic heterocycles. The second kappa shape index (κ2) is 5.54. The molecule has 1 aromatic carbocycles. The van der Waals surface area contributed by atoms with Crippen molar-refractivity contribution in [1.82, 2.24) is 19.8 Å². The number of benzene rings is 1. The first-order chi connectivity index (χ1) is 11.9. The second-order valence-corrected chi connectivity index (χ2v) is 5.60. The molecule has 0 atom stereocenters. The van der Waals surface area contributed by atoms with Crippen molar-refractivity contribution in [2.45, 2.75) is 6.18 Å². The van der Waals surface area contributed by atoms with E-state index >= 15 is 0 Å². The minimum absolute atomic E-state index is 0.0296. The third kappa shape index (κ3) is 2.81. The van der Waals surface area contributed by atoms with Crippen LogP contribution in [0.1, 0.15) is 11.4 Å². The Balaban J connectivity index is 1.62. The quantitative estimate of drug-likeness (QED) is 0.667. The third-order valence-electron chi connectivity index (χ3n) is 3.96. The minimum Gasteiger partial charge on any atom is -0.347 e. The Morgan fingerprint density at radius 2 is 1.72 bits per heavy atom. The van der Waals surface area contributed by atoms with Crippen LogP contribution in [0.5, 0.6) is 0 Å². The molecule has 3 heterocycles. The summed E-state index contributed by atoms with van der Waals surface area (Å²) in [6.07, 6.45) is -2.69. The van der Waals surface area contributed by atoms with E-state index in [1.165, 1.54) is 18.2 Å². The Kier molecular flexibility index (Phi) is 3.45. The zero-order valence-electron chi connectivity index (χ0n) is 12.7. The van der Waals surface area contributed by atoms with Crippen LogP contribution in [0.15, 0.2) is 42.5 Å². The van der Waals surface area contributed by atoms with E-state index in [1.807, 2.05) is 11.0 Å². The van der Waals surface area contributed by atoms with Crippen molar-refractivity contribution in [2.75, 3.05) is 18.0 Å². The highest BCUT2D eigenvalue weighted by Crippen LogP contribution is 2.29. The zero-order valence-corrected chi connectivity index (χ0v) is 12.7. The molecule has 0 saturated heterocycles. The van der Waals surface area contributed by atoms with Gasteiger partial charge >= 0.3 is 6.18 Å². The number of hydrogen-bond acceptors (Lipinski definition) is 4. The van der Waals surface area contributed by atoms with E-state index in [-0.39, 0.29) is 11.5 Å². The molecular weight excluding hydrogens is 338 g/mol. The van der Waals surface area contributed by atoms with Crippen molar-refractivity contribution in [1.29, 1.82) is 0 Å². The molecule has 2 aromatic heterocycles. The Hall–Kier alpha value is -2.97. The van der Waals surface area contributed by atoms with Gasteiger partial charge in [0, 0.05) is 13.1 Å². The van der Waals surface area contributed by atoms with Crippen LogP contribution < -0.4 is 4.90 Å². The average Bonchev–Trinajstić information content (AvgIpc) is 3.21. The van der Waals surface area contributed by atoms with Crippen molar-refractivity contribution in [3.63, 3.8) is 0 Å². The summed E-state index contributed by atoms with van der Waals surface area (Å²) in [5.74, 6) is -1.10. The average molecular weight is 349 g/mol. The van der Waals surface area contributed by atoms with Crippen molar-refractivity contribution >= 4 is 17.0 Å². The SMILES string of the molecule is Fc1ccc(C2=CCN(c3ccc4nnc(C(F)(F)F)n4n3)C2)cc1. The fourth-order valence-corrected chi connectivity index (χ4v) is 2.73. The predicted molar refractivity (Wildman–Crippen MR) is 82.4 cm³/mol. The number of rotatable bonds is 2.